The molecule has 0 N–H and O–H groups in total. The quantitative estimate of drug-likeness (QED) is 0.716. The summed E-state index contributed by atoms with van der Waals surface area (Å²) in [5.74, 6) is 1.47. The molecule has 0 radical (unpaired) electrons. The van der Waals surface area contributed by atoms with Crippen molar-refractivity contribution in [2.24, 2.45) is 0 Å². The highest BCUT2D eigenvalue weighted by atomic mass is 16.5. The number of nitrogens with zero attached hydrogens (tertiary/aromatic N) is 1. The van der Waals surface area contributed by atoms with Crippen molar-refractivity contribution in [3.63, 3.8) is 0 Å². The molecule has 0 aliphatic rings. The molecule has 0 saturated heterocycles. The average molecular weight is 281 g/mol. The van der Waals surface area contributed by atoms with Crippen LogP contribution in [-0.4, -0.2) is 13.7 Å². The van der Waals surface area contributed by atoms with Gasteiger partial charge in [-0.25, -0.2) is 0 Å². The molecule has 3 heteroatoms. The van der Waals surface area contributed by atoms with Crippen molar-refractivity contribution in [2.75, 3.05) is 13.7 Å². The maximum Gasteiger partial charge on any atom is 0.123 e. The standard InChI is InChI=1S/C18H19NO2/c1-20-18-12-6-5-11-17(18)15(14-19)8-7-13-21-16-9-3-2-4-10-16/h2-6,9-12,15H,7-8,13H2,1H3. The summed E-state index contributed by atoms with van der Waals surface area (Å²) in [6.07, 6.45) is 1.58. The summed E-state index contributed by atoms with van der Waals surface area (Å²) in [5, 5.41) is 9.37. The molecule has 0 aromatic heterocycles. The molecule has 2 aromatic carbocycles. The summed E-state index contributed by atoms with van der Waals surface area (Å²) in [5.41, 5.74) is 0.946. The second kappa shape index (κ2) is 7.96. The molecule has 0 aliphatic heterocycles. The van der Waals surface area contributed by atoms with Crippen molar-refractivity contribution < 1.29 is 9.47 Å². The van der Waals surface area contributed by atoms with Gasteiger partial charge in [0.15, 0.2) is 0 Å². The van der Waals surface area contributed by atoms with Crippen molar-refractivity contribution in [3.05, 3.63) is 60.2 Å². The number of rotatable bonds is 7. The first-order valence-electron chi connectivity index (χ1n) is 7.05. The zero-order chi connectivity index (χ0) is 14.9. The van der Waals surface area contributed by atoms with E-state index in [1.54, 1.807) is 7.11 Å². The van der Waals surface area contributed by atoms with Crippen LogP contribution in [-0.2, 0) is 0 Å². The summed E-state index contributed by atoms with van der Waals surface area (Å²) in [7, 11) is 1.63. The third-order valence-corrected chi connectivity index (χ3v) is 3.32. The molecule has 1 unspecified atom stereocenters. The van der Waals surface area contributed by atoms with Crippen LogP contribution in [0.5, 0.6) is 11.5 Å². The Labute approximate surface area is 125 Å². The molecule has 21 heavy (non-hydrogen) atoms. The normalized spacial score (nSPS) is 11.4. The Hall–Kier alpha value is -2.47. The van der Waals surface area contributed by atoms with Gasteiger partial charge in [-0.2, -0.15) is 5.26 Å². The van der Waals surface area contributed by atoms with E-state index >= 15 is 0 Å². The molecule has 0 heterocycles. The van der Waals surface area contributed by atoms with Crippen molar-refractivity contribution in [1.82, 2.24) is 0 Å². The monoisotopic (exact) mass is 281 g/mol. The molecule has 2 aromatic rings. The van der Waals surface area contributed by atoms with E-state index in [4.69, 9.17) is 9.47 Å². The van der Waals surface area contributed by atoms with Crippen LogP contribution in [0.15, 0.2) is 54.6 Å². The minimum absolute atomic E-state index is 0.166. The predicted molar refractivity (Wildman–Crippen MR) is 82.5 cm³/mol. The summed E-state index contributed by atoms with van der Waals surface area (Å²) < 4.78 is 11.0. The van der Waals surface area contributed by atoms with Gasteiger partial charge in [0.05, 0.1) is 25.7 Å². The van der Waals surface area contributed by atoms with Gasteiger partial charge in [0.1, 0.15) is 11.5 Å². The van der Waals surface area contributed by atoms with Crippen LogP contribution < -0.4 is 9.47 Å². The molecule has 0 bridgehead atoms. The van der Waals surface area contributed by atoms with Gasteiger partial charge in [-0.3, -0.25) is 0 Å². The highest BCUT2D eigenvalue weighted by molar-refractivity contribution is 5.38. The third-order valence-electron chi connectivity index (χ3n) is 3.32. The largest absolute Gasteiger partial charge is 0.496 e. The number of methoxy groups -OCH3 is 1. The lowest BCUT2D eigenvalue weighted by molar-refractivity contribution is 0.304. The fourth-order valence-corrected chi connectivity index (χ4v) is 2.24. The lowest BCUT2D eigenvalue weighted by atomic mass is 9.95. The highest BCUT2D eigenvalue weighted by Crippen LogP contribution is 2.29. The third kappa shape index (κ3) is 4.25. The Bertz CT molecular complexity index is 590. The predicted octanol–water partition coefficient (Wildman–Crippen LogP) is 4.16. The molecule has 0 amide bonds. The van der Waals surface area contributed by atoms with E-state index in [-0.39, 0.29) is 5.92 Å². The number of hydrogen-bond donors (Lipinski definition) is 0. The molecule has 0 fully saturated rings. The Kier molecular flexibility index (Phi) is 5.66. The molecule has 1 atom stereocenters. The first kappa shape index (κ1) is 14.9. The minimum Gasteiger partial charge on any atom is -0.496 e. The van der Waals surface area contributed by atoms with E-state index in [9.17, 15) is 5.26 Å². The molecule has 0 saturated carbocycles. The minimum atomic E-state index is -0.166. The van der Waals surface area contributed by atoms with E-state index in [0.717, 1.165) is 29.9 Å². The topological polar surface area (TPSA) is 42.2 Å². The number of para-hydroxylation sites is 2. The zero-order valence-electron chi connectivity index (χ0n) is 12.2. The number of hydrogen-bond acceptors (Lipinski definition) is 3. The van der Waals surface area contributed by atoms with E-state index < -0.39 is 0 Å². The van der Waals surface area contributed by atoms with Crippen LogP contribution in [0.1, 0.15) is 24.3 Å². The van der Waals surface area contributed by atoms with Gasteiger partial charge in [0, 0.05) is 5.56 Å². The van der Waals surface area contributed by atoms with Gasteiger partial charge < -0.3 is 9.47 Å². The number of nitriles is 1. The van der Waals surface area contributed by atoms with Crippen molar-refractivity contribution in [3.8, 4) is 17.6 Å². The molecule has 108 valence electrons. The molecule has 2 rings (SSSR count). The van der Waals surface area contributed by atoms with Gasteiger partial charge in [-0.1, -0.05) is 36.4 Å². The van der Waals surface area contributed by atoms with Crippen LogP contribution >= 0.6 is 0 Å². The van der Waals surface area contributed by atoms with Crippen molar-refractivity contribution in [2.45, 2.75) is 18.8 Å². The van der Waals surface area contributed by atoms with E-state index in [2.05, 4.69) is 6.07 Å². The van der Waals surface area contributed by atoms with Gasteiger partial charge in [0.25, 0.3) is 0 Å². The molecular weight excluding hydrogens is 262 g/mol. The average Bonchev–Trinajstić information content (AvgIpc) is 2.56. The Morgan fingerprint density at radius 3 is 2.48 bits per heavy atom. The zero-order valence-corrected chi connectivity index (χ0v) is 12.2. The second-order valence-electron chi connectivity index (χ2n) is 4.73. The van der Waals surface area contributed by atoms with Crippen LogP contribution in [0.25, 0.3) is 0 Å². The smallest absolute Gasteiger partial charge is 0.123 e. The summed E-state index contributed by atoms with van der Waals surface area (Å²) >= 11 is 0. The lowest BCUT2D eigenvalue weighted by Gasteiger charge is -2.13. The van der Waals surface area contributed by atoms with E-state index in [1.807, 2.05) is 54.6 Å². The van der Waals surface area contributed by atoms with Gasteiger partial charge in [-0.05, 0) is 31.0 Å². The van der Waals surface area contributed by atoms with Crippen molar-refractivity contribution >= 4 is 0 Å². The van der Waals surface area contributed by atoms with Gasteiger partial charge in [0.2, 0.25) is 0 Å². The molecule has 3 nitrogen and oxygen atoms in total. The lowest BCUT2D eigenvalue weighted by Crippen LogP contribution is -2.03. The molecular formula is C18H19NO2. The number of ether oxygens (including phenoxy) is 2. The fourth-order valence-electron chi connectivity index (χ4n) is 2.24. The SMILES string of the molecule is COc1ccccc1C(C#N)CCCOc1ccccc1. The Morgan fingerprint density at radius 2 is 1.76 bits per heavy atom. The maximum absolute atomic E-state index is 9.37. The van der Waals surface area contributed by atoms with Crippen molar-refractivity contribution in [1.29, 1.82) is 5.26 Å². The number of benzene rings is 2. The fraction of sp³-hybridized carbons (Fsp3) is 0.278. The maximum atomic E-state index is 9.37. The summed E-state index contributed by atoms with van der Waals surface area (Å²) in [6.45, 7) is 0.608. The van der Waals surface area contributed by atoms with Crippen LogP contribution in [0, 0.1) is 11.3 Å². The van der Waals surface area contributed by atoms with Crippen LogP contribution in [0.3, 0.4) is 0 Å². The Morgan fingerprint density at radius 1 is 1.05 bits per heavy atom. The van der Waals surface area contributed by atoms with Gasteiger partial charge in [-0.15, -0.1) is 0 Å². The summed E-state index contributed by atoms with van der Waals surface area (Å²) in [4.78, 5) is 0. The summed E-state index contributed by atoms with van der Waals surface area (Å²) in [6, 6.07) is 19.8. The molecule has 0 aliphatic carbocycles. The van der Waals surface area contributed by atoms with Gasteiger partial charge >= 0.3 is 0 Å². The first-order chi connectivity index (χ1) is 10.3. The van der Waals surface area contributed by atoms with Crippen LogP contribution in [0.2, 0.25) is 0 Å². The second-order valence-corrected chi connectivity index (χ2v) is 4.73. The highest BCUT2D eigenvalue weighted by Gasteiger charge is 2.14. The Balaban J connectivity index is 1.87. The van der Waals surface area contributed by atoms with E-state index in [1.165, 1.54) is 0 Å². The van der Waals surface area contributed by atoms with E-state index in [0.29, 0.717) is 6.61 Å². The first-order valence-corrected chi connectivity index (χ1v) is 7.05. The molecule has 0 spiro atoms. The van der Waals surface area contributed by atoms with Crippen LogP contribution in [0.4, 0.5) is 0 Å².